The van der Waals surface area contributed by atoms with Gasteiger partial charge in [-0.2, -0.15) is 0 Å². The van der Waals surface area contributed by atoms with Gasteiger partial charge in [0.2, 0.25) is 0 Å². The van der Waals surface area contributed by atoms with Gasteiger partial charge in [0.05, 0.1) is 12.7 Å². The number of para-hydroxylation sites is 1. The first-order valence-electron chi connectivity index (χ1n) is 7.16. The van der Waals surface area contributed by atoms with Gasteiger partial charge in [-0.3, -0.25) is 4.90 Å². The van der Waals surface area contributed by atoms with Crippen LogP contribution in [-0.2, 0) is 11.3 Å². The van der Waals surface area contributed by atoms with E-state index in [4.69, 9.17) is 4.74 Å². The van der Waals surface area contributed by atoms with Gasteiger partial charge in [0.1, 0.15) is 5.75 Å². The molecule has 4 nitrogen and oxygen atoms in total. The molecule has 0 amide bonds. The Kier molecular flexibility index (Phi) is 4.01. The first-order chi connectivity index (χ1) is 9.33. The minimum Gasteiger partial charge on any atom is -0.508 e. The van der Waals surface area contributed by atoms with Crippen LogP contribution in [0.3, 0.4) is 0 Å². The molecule has 2 aliphatic rings. The van der Waals surface area contributed by atoms with E-state index < -0.39 is 0 Å². The van der Waals surface area contributed by atoms with Gasteiger partial charge in [-0.05, 0) is 25.5 Å². The van der Waals surface area contributed by atoms with Crippen molar-refractivity contribution in [2.45, 2.75) is 31.5 Å². The molecule has 0 bridgehead atoms. The smallest absolute Gasteiger partial charge is 0.120 e. The molecule has 0 spiro atoms. The average molecular weight is 262 g/mol. The number of phenolic OH excluding ortho intramolecular Hbond substituents is 1. The van der Waals surface area contributed by atoms with E-state index in [-0.39, 0.29) is 6.10 Å². The van der Waals surface area contributed by atoms with Crippen molar-refractivity contribution in [3.05, 3.63) is 29.8 Å². The van der Waals surface area contributed by atoms with E-state index in [1.165, 1.54) is 19.4 Å². The number of hydrogen-bond donors (Lipinski definition) is 2. The summed E-state index contributed by atoms with van der Waals surface area (Å²) >= 11 is 0. The summed E-state index contributed by atoms with van der Waals surface area (Å²) < 4.78 is 5.89. The SMILES string of the molecule is Oc1ccccc1CNCC1CN2CCCC2CO1. The maximum absolute atomic E-state index is 9.69. The molecule has 1 aromatic rings. The highest BCUT2D eigenvalue weighted by molar-refractivity contribution is 5.31. The van der Waals surface area contributed by atoms with Crippen molar-refractivity contribution in [3.63, 3.8) is 0 Å². The normalized spacial score (nSPS) is 27.4. The second-order valence-corrected chi connectivity index (χ2v) is 5.51. The Labute approximate surface area is 114 Å². The zero-order valence-electron chi connectivity index (χ0n) is 11.2. The van der Waals surface area contributed by atoms with Gasteiger partial charge in [-0.15, -0.1) is 0 Å². The summed E-state index contributed by atoms with van der Waals surface area (Å²) in [7, 11) is 0. The van der Waals surface area contributed by atoms with Crippen molar-refractivity contribution < 1.29 is 9.84 Å². The number of nitrogens with zero attached hydrogens (tertiary/aromatic N) is 1. The zero-order chi connectivity index (χ0) is 13.1. The Bertz CT molecular complexity index is 424. The summed E-state index contributed by atoms with van der Waals surface area (Å²) in [5, 5.41) is 13.1. The molecule has 2 aliphatic heterocycles. The van der Waals surface area contributed by atoms with E-state index in [1.807, 2.05) is 18.2 Å². The maximum atomic E-state index is 9.69. The van der Waals surface area contributed by atoms with Crippen molar-refractivity contribution in [2.75, 3.05) is 26.2 Å². The van der Waals surface area contributed by atoms with Crippen LogP contribution in [0.5, 0.6) is 5.75 Å². The van der Waals surface area contributed by atoms with Crippen molar-refractivity contribution in [1.29, 1.82) is 0 Å². The molecule has 2 saturated heterocycles. The van der Waals surface area contributed by atoms with Gasteiger partial charge >= 0.3 is 0 Å². The summed E-state index contributed by atoms with van der Waals surface area (Å²) in [6, 6.07) is 8.12. The Morgan fingerprint density at radius 2 is 2.26 bits per heavy atom. The van der Waals surface area contributed by atoms with E-state index in [2.05, 4.69) is 10.2 Å². The van der Waals surface area contributed by atoms with Crippen LogP contribution in [0.4, 0.5) is 0 Å². The number of phenols is 1. The summed E-state index contributed by atoms with van der Waals surface area (Å²) in [6.45, 7) is 4.68. The predicted octanol–water partition coefficient (Wildman–Crippen LogP) is 1.34. The lowest BCUT2D eigenvalue weighted by atomic mass is 10.1. The van der Waals surface area contributed by atoms with E-state index in [9.17, 15) is 5.11 Å². The second kappa shape index (κ2) is 5.90. The summed E-state index contributed by atoms with van der Waals surface area (Å²) in [5.74, 6) is 0.360. The number of aromatic hydroxyl groups is 1. The molecule has 104 valence electrons. The van der Waals surface area contributed by atoms with Crippen molar-refractivity contribution >= 4 is 0 Å². The Hall–Kier alpha value is -1.10. The molecule has 19 heavy (non-hydrogen) atoms. The molecule has 2 N–H and O–H groups in total. The quantitative estimate of drug-likeness (QED) is 0.859. The molecular formula is C15H22N2O2. The molecular weight excluding hydrogens is 240 g/mol. The zero-order valence-corrected chi connectivity index (χ0v) is 11.2. The first-order valence-corrected chi connectivity index (χ1v) is 7.16. The molecule has 0 aliphatic carbocycles. The van der Waals surface area contributed by atoms with E-state index in [0.717, 1.165) is 25.3 Å². The molecule has 0 radical (unpaired) electrons. The van der Waals surface area contributed by atoms with Gasteiger partial charge in [0.25, 0.3) is 0 Å². The lowest BCUT2D eigenvalue weighted by molar-refractivity contribution is -0.0470. The number of hydrogen-bond acceptors (Lipinski definition) is 4. The Balaban J connectivity index is 1.44. The van der Waals surface area contributed by atoms with Crippen molar-refractivity contribution in [2.24, 2.45) is 0 Å². The monoisotopic (exact) mass is 262 g/mol. The standard InChI is InChI=1S/C15H22N2O2/c18-15-6-2-1-4-12(15)8-16-9-14-10-17-7-3-5-13(17)11-19-14/h1-2,4,6,13-14,16,18H,3,5,7-11H2. The highest BCUT2D eigenvalue weighted by atomic mass is 16.5. The van der Waals surface area contributed by atoms with Crippen LogP contribution in [-0.4, -0.2) is 48.4 Å². The summed E-state index contributed by atoms with van der Waals surface area (Å²) in [6.07, 6.45) is 2.88. The molecule has 0 saturated carbocycles. The maximum Gasteiger partial charge on any atom is 0.120 e. The van der Waals surface area contributed by atoms with Gasteiger partial charge in [0.15, 0.2) is 0 Å². The minimum absolute atomic E-state index is 0.278. The molecule has 1 aromatic carbocycles. The third-order valence-corrected chi connectivity index (χ3v) is 4.14. The first kappa shape index (κ1) is 12.9. The van der Waals surface area contributed by atoms with Crippen LogP contribution in [0.15, 0.2) is 24.3 Å². The molecule has 2 atom stereocenters. The van der Waals surface area contributed by atoms with Crippen LogP contribution in [0.1, 0.15) is 18.4 Å². The third-order valence-electron chi connectivity index (χ3n) is 4.14. The fourth-order valence-corrected chi connectivity index (χ4v) is 3.04. The predicted molar refractivity (Wildman–Crippen MR) is 74.1 cm³/mol. The number of morpholine rings is 1. The van der Waals surface area contributed by atoms with E-state index in [0.29, 0.717) is 18.3 Å². The second-order valence-electron chi connectivity index (χ2n) is 5.51. The summed E-state index contributed by atoms with van der Waals surface area (Å²) in [5.41, 5.74) is 0.942. The molecule has 2 fully saturated rings. The van der Waals surface area contributed by atoms with Crippen molar-refractivity contribution in [1.82, 2.24) is 10.2 Å². The number of rotatable bonds is 4. The van der Waals surface area contributed by atoms with Crippen LogP contribution in [0, 0.1) is 0 Å². The van der Waals surface area contributed by atoms with Gasteiger partial charge in [0, 0.05) is 31.2 Å². The van der Waals surface area contributed by atoms with E-state index in [1.54, 1.807) is 6.07 Å². The molecule has 2 heterocycles. The average Bonchev–Trinajstić information content (AvgIpc) is 2.88. The summed E-state index contributed by atoms with van der Waals surface area (Å²) in [4.78, 5) is 2.55. The van der Waals surface area contributed by atoms with Gasteiger partial charge in [-0.1, -0.05) is 18.2 Å². The molecule has 4 heteroatoms. The third kappa shape index (κ3) is 3.08. The van der Waals surface area contributed by atoms with Crippen LogP contribution < -0.4 is 5.32 Å². The van der Waals surface area contributed by atoms with Crippen LogP contribution in [0.2, 0.25) is 0 Å². The number of benzene rings is 1. The highest BCUT2D eigenvalue weighted by Crippen LogP contribution is 2.22. The fraction of sp³-hybridized carbons (Fsp3) is 0.600. The van der Waals surface area contributed by atoms with Crippen molar-refractivity contribution in [3.8, 4) is 5.75 Å². The molecule has 0 aromatic heterocycles. The molecule has 3 rings (SSSR count). The number of ether oxygens (including phenoxy) is 1. The van der Waals surface area contributed by atoms with Gasteiger partial charge in [-0.25, -0.2) is 0 Å². The Morgan fingerprint density at radius 3 is 3.16 bits per heavy atom. The van der Waals surface area contributed by atoms with Crippen LogP contribution >= 0.6 is 0 Å². The number of nitrogens with one attached hydrogen (secondary N) is 1. The number of fused-ring (bicyclic) bond motifs is 1. The lowest BCUT2D eigenvalue weighted by Crippen LogP contribution is -2.49. The largest absolute Gasteiger partial charge is 0.508 e. The highest BCUT2D eigenvalue weighted by Gasteiger charge is 2.31. The lowest BCUT2D eigenvalue weighted by Gasteiger charge is -2.35. The van der Waals surface area contributed by atoms with E-state index >= 15 is 0 Å². The van der Waals surface area contributed by atoms with Crippen LogP contribution in [0.25, 0.3) is 0 Å². The Morgan fingerprint density at radius 1 is 1.37 bits per heavy atom. The minimum atomic E-state index is 0.278. The molecule has 2 unspecified atom stereocenters. The fourth-order valence-electron chi connectivity index (χ4n) is 3.04. The topological polar surface area (TPSA) is 44.7 Å². The van der Waals surface area contributed by atoms with Gasteiger partial charge < -0.3 is 15.2 Å².